The highest BCUT2D eigenvalue weighted by Crippen LogP contribution is 2.23. The third kappa shape index (κ3) is 4.88. The molecule has 0 atom stereocenters. The molecule has 1 rings (SSSR count). The minimum absolute atomic E-state index is 0.471. The Labute approximate surface area is 123 Å². The second kappa shape index (κ2) is 6.90. The van der Waals surface area contributed by atoms with Crippen LogP contribution in [0.4, 0.5) is 10.5 Å². The second-order valence-corrected chi connectivity index (χ2v) is 4.98. The predicted octanol–water partition coefficient (Wildman–Crippen LogP) is 1.16. The third-order valence-electron chi connectivity index (χ3n) is 2.32. The van der Waals surface area contributed by atoms with Crippen molar-refractivity contribution >= 4 is 39.5 Å². The summed E-state index contributed by atoms with van der Waals surface area (Å²) in [4.78, 5) is 34.3. The molecule has 0 spiro atoms. The Balaban J connectivity index is 2.86. The molecule has 7 nitrogen and oxygen atoms in total. The van der Waals surface area contributed by atoms with Gasteiger partial charge in [-0.1, -0.05) is 6.07 Å². The van der Waals surface area contributed by atoms with Gasteiger partial charge in [-0.2, -0.15) is 0 Å². The Kier molecular flexibility index (Phi) is 5.51. The summed E-state index contributed by atoms with van der Waals surface area (Å²) in [6, 6.07) is 4.60. The monoisotopic (exact) mass is 343 g/mol. The van der Waals surface area contributed by atoms with Crippen LogP contribution in [0, 0.1) is 6.92 Å². The number of aliphatic carboxylic acids is 1. The molecule has 0 saturated carbocycles. The van der Waals surface area contributed by atoms with E-state index in [0.29, 0.717) is 10.2 Å². The van der Waals surface area contributed by atoms with Crippen LogP contribution in [0.2, 0.25) is 0 Å². The minimum atomic E-state index is -1.23. The van der Waals surface area contributed by atoms with Crippen molar-refractivity contribution in [1.29, 1.82) is 0 Å². The van der Waals surface area contributed by atoms with Crippen molar-refractivity contribution < 1.29 is 19.5 Å². The topological polar surface area (TPSA) is 113 Å². The Morgan fingerprint density at radius 1 is 1.35 bits per heavy atom. The fraction of sp³-hybridized carbons (Fsp3) is 0.250. The van der Waals surface area contributed by atoms with Gasteiger partial charge in [0.2, 0.25) is 5.91 Å². The van der Waals surface area contributed by atoms with Crippen molar-refractivity contribution in [3.8, 4) is 0 Å². The number of benzene rings is 1. The number of hydrogen-bond acceptors (Lipinski definition) is 3. The number of anilines is 1. The Morgan fingerprint density at radius 3 is 2.55 bits per heavy atom. The summed E-state index contributed by atoms with van der Waals surface area (Å²) in [6.07, 6.45) is 0. The van der Waals surface area contributed by atoms with Gasteiger partial charge in [0.1, 0.15) is 13.1 Å². The van der Waals surface area contributed by atoms with Crippen molar-refractivity contribution in [2.45, 2.75) is 6.92 Å². The molecule has 1 aromatic rings. The van der Waals surface area contributed by atoms with Crippen molar-refractivity contribution in [3.63, 3.8) is 0 Å². The highest BCUT2D eigenvalue weighted by molar-refractivity contribution is 9.10. The maximum Gasteiger partial charge on any atom is 0.323 e. The molecule has 108 valence electrons. The van der Waals surface area contributed by atoms with E-state index in [0.717, 1.165) is 10.5 Å². The highest BCUT2D eigenvalue weighted by Gasteiger charge is 2.19. The highest BCUT2D eigenvalue weighted by atomic mass is 79.9. The van der Waals surface area contributed by atoms with Crippen molar-refractivity contribution in [2.75, 3.05) is 18.4 Å². The van der Waals surface area contributed by atoms with Crippen LogP contribution in [0.1, 0.15) is 5.56 Å². The number of carbonyl (C=O) groups excluding carboxylic acids is 2. The molecule has 3 amide bonds. The van der Waals surface area contributed by atoms with E-state index in [-0.39, 0.29) is 0 Å². The smallest absolute Gasteiger partial charge is 0.323 e. The first-order chi connectivity index (χ1) is 9.29. The van der Waals surface area contributed by atoms with Gasteiger partial charge in [-0.05, 0) is 40.5 Å². The molecule has 0 saturated heterocycles. The zero-order chi connectivity index (χ0) is 15.3. The summed E-state index contributed by atoms with van der Waals surface area (Å²) < 4.78 is 0.644. The number of rotatable bonds is 5. The van der Waals surface area contributed by atoms with E-state index in [9.17, 15) is 14.4 Å². The molecule has 4 N–H and O–H groups in total. The van der Waals surface area contributed by atoms with Gasteiger partial charge in [-0.3, -0.25) is 9.59 Å². The molecule has 0 unspecified atom stereocenters. The number of amides is 3. The molecule has 8 heteroatoms. The Morgan fingerprint density at radius 2 is 2.00 bits per heavy atom. The fourth-order valence-electron chi connectivity index (χ4n) is 1.48. The van der Waals surface area contributed by atoms with Gasteiger partial charge in [0.25, 0.3) is 0 Å². The number of carbonyl (C=O) groups is 3. The van der Waals surface area contributed by atoms with Gasteiger partial charge in [-0.15, -0.1) is 0 Å². The normalized spacial score (nSPS) is 9.90. The average molecular weight is 344 g/mol. The van der Waals surface area contributed by atoms with E-state index < -0.39 is 31.0 Å². The maximum absolute atomic E-state index is 12.0. The van der Waals surface area contributed by atoms with Gasteiger partial charge in [0, 0.05) is 4.47 Å². The van der Waals surface area contributed by atoms with E-state index >= 15 is 0 Å². The van der Waals surface area contributed by atoms with Gasteiger partial charge < -0.3 is 21.1 Å². The summed E-state index contributed by atoms with van der Waals surface area (Å²) in [6.45, 7) is 0.764. The van der Waals surface area contributed by atoms with Crippen molar-refractivity contribution in [2.24, 2.45) is 5.73 Å². The van der Waals surface area contributed by atoms with Gasteiger partial charge >= 0.3 is 12.0 Å². The average Bonchev–Trinajstić information content (AvgIpc) is 2.31. The number of aryl methyl sites for hydroxylation is 1. The van der Waals surface area contributed by atoms with E-state index in [1.54, 1.807) is 12.1 Å². The molecule has 0 aromatic heterocycles. The number of carboxylic acids is 1. The van der Waals surface area contributed by atoms with Gasteiger partial charge in [0.05, 0.1) is 5.69 Å². The van der Waals surface area contributed by atoms with Crippen LogP contribution in [0.3, 0.4) is 0 Å². The lowest BCUT2D eigenvalue weighted by Crippen LogP contribution is -2.43. The molecular weight excluding hydrogens is 330 g/mol. The second-order valence-electron chi connectivity index (χ2n) is 4.13. The molecule has 0 heterocycles. The van der Waals surface area contributed by atoms with Crippen LogP contribution in [-0.2, 0) is 9.59 Å². The molecule has 0 aliphatic carbocycles. The quantitative estimate of drug-likeness (QED) is 0.744. The number of urea groups is 1. The molecular formula is C12H14BrN3O4. The minimum Gasteiger partial charge on any atom is -0.480 e. The van der Waals surface area contributed by atoms with E-state index in [2.05, 4.69) is 21.2 Å². The van der Waals surface area contributed by atoms with E-state index in [1.165, 1.54) is 0 Å². The van der Waals surface area contributed by atoms with Gasteiger partial charge in [0.15, 0.2) is 0 Å². The number of nitrogens with zero attached hydrogens (tertiary/aromatic N) is 1. The number of halogens is 1. The number of primary amides is 1. The molecule has 0 bridgehead atoms. The summed E-state index contributed by atoms with van der Waals surface area (Å²) in [5.41, 5.74) is 6.39. The fourth-order valence-corrected chi connectivity index (χ4v) is 1.83. The molecule has 0 aliphatic rings. The van der Waals surface area contributed by atoms with Crippen LogP contribution in [0.5, 0.6) is 0 Å². The lowest BCUT2D eigenvalue weighted by atomic mass is 10.2. The van der Waals surface area contributed by atoms with Crippen LogP contribution in [-0.4, -0.2) is 41.0 Å². The SMILES string of the molecule is Cc1ccc(Br)c(NC(=O)N(CC(N)=O)CC(=O)O)c1. The van der Waals surface area contributed by atoms with Crippen molar-refractivity contribution in [1.82, 2.24) is 4.90 Å². The first-order valence-electron chi connectivity index (χ1n) is 5.61. The molecule has 0 aliphatic heterocycles. The van der Waals surface area contributed by atoms with Crippen LogP contribution in [0.15, 0.2) is 22.7 Å². The standard InChI is InChI=1S/C12H14BrN3O4/c1-7-2-3-8(13)9(4-7)15-12(20)16(5-10(14)17)6-11(18)19/h2-4H,5-6H2,1H3,(H2,14,17)(H,15,20)(H,18,19). The molecule has 0 radical (unpaired) electrons. The van der Waals surface area contributed by atoms with E-state index in [4.69, 9.17) is 10.8 Å². The lowest BCUT2D eigenvalue weighted by Gasteiger charge is -2.20. The Bertz CT molecular complexity index is 532. The van der Waals surface area contributed by atoms with Crippen LogP contribution < -0.4 is 11.1 Å². The lowest BCUT2D eigenvalue weighted by molar-refractivity contribution is -0.137. The van der Waals surface area contributed by atoms with Crippen molar-refractivity contribution in [3.05, 3.63) is 28.2 Å². The number of carboxylic acid groups (broad SMARTS) is 1. The number of nitrogens with two attached hydrogens (primary N) is 1. The van der Waals surface area contributed by atoms with Gasteiger partial charge in [-0.25, -0.2) is 4.79 Å². The maximum atomic E-state index is 12.0. The summed E-state index contributed by atoms with van der Waals surface area (Å²) in [5, 5.41) is 11.3. The number of hydrogen-bond donors (Lipinski definition) is 3. The van der Waals surface area contributed by atoms with Crippen LogP contribution >= 0.6 is 15.9 Å². The third-order valence-corrected chi connectivity index (χ3v) is 3.01. The first kappa shape index (κ1) is 16.0. The Hall–Kier alpha value is -2.09. The number of nitrogens with one attached hydrogen (secondary N) is 1. The zero-order valence-electron chi connectivity index (χ0n) is 10.7. The molecule has 0 fully saturated rings. The molecule has 1 aromatic carbocycles. The summed E-state index contributed by atoms with van der Waals surface area (Å²) in [5.74, 6) is -2.02. The van der Waals surface area contributed by atoms with Crippen LogP contribution in [0.25, 0.3) is 0 Å². The molecule has 20 heavy (non-hydrogen) atoms. The predicted molar refractivity (Wildman–Crippen MR) is 76.3 cm³/mol. The van der Waals surface area contributed by atoms with E-state index in [1.807, 2.05) is 13.0 Å². The summed E-state index contributed by atoms with van der Waals surface area (Å²) >= 11 is 3.27. The first-order valence-corrected chi connectivity index (χ1v) is 6.41. The zero-order valence-corrected chi connectivity index (χ0v) is 12.3. The summed E-state index contributed by atoms with van der Waals surface area (Å²) in [7, 11) is 0. The largest absolute Gasteiger partial charge is 0.480 e.